The summed E-state index contributed by atoms with van der Waals surface area (Å²) >= 11 is 0. The number of aliphatic hydroxyl groups is 1. The van der Waals surface area contributed by atoms with Crippen LogP contribution in [0.5, 0.6) is 5.88 Å². The van der Waals surface area contributed by atoms with Crippen LogP contribution in [0.2, 0.25) is 0 Å². The molecule has 3 aromatic heterocycles. The average Bonchev–Trinajstić information content (AvgIpc) is 3.26. The molecule has 1 fully saturated rings. The highest BCUT2D eigenvalue weighted by Gasteiger charge is 2.27. The summed E-state index contributed by atoms with van der Waals surface area (Å²) in [6.45, 7) is 5.34. The maximum atomic E-state index is 13.2. The second kappa shape index (κ2) is 10.6. The molecule has 37 heavy (non-hydrogen) atoms. The standard InChI is InChI=1S/C25H33N7O5/c1-25(2,3)37-24(35)31(4)20-13-19(29-18-10-7-11-26-23(18)36-5)30-21-17(14-27-32(20)21)22(34)28-15-8-6-9-16(33)12-15/h7,10-11,13-16,33H,6,8-9,12H2,1-5H3,(H,28,34)(H,29,30)/t15-,16-/m0/s1. The second-order valence-electron chi connectivity index (χ2n) is 10.0. The van der Waals surface area contributed by atoms with E-state index in [1.807, 2.05) is 0 Å². The fourth-order valence-electron chi connectivity index (χ4n) is 4.18. The van der Waals surface area contributed by atoms with Crippen LogP contribution in [-0.2, 0) is 4.74 Å². The molecule has 1 aliphatic carbocycles. The first-order chi connectivity index (χ1) is 17.6. The Morgan fingerprint density at radius 2 is 2.05 bits per heavy atom. The minimum atomic E-state index is -0.707. The first-order valence-electron chi connectivity index (χ1n) is 12.2. The average molecular weight is 512 g/mol. The van der Waals surface area contributed by atoms with Crippen LogP contribution in [0.4, 0.5) is 22.1 Å². The van der Waals surface area contributed by atoms with Crippen molar-refractivity contribution in [3.05, 3.63) is 36.2 Å². The fraction of sp³-hybridized carbons (Fsp3) is 0.480. The van der Waals surface area contributed by atoms with Gasteiger partial charge in [-0.05, 0) is 58.6 Å². The number of amides is 2. The quantitative estimate of drug-likeness (QED) is 0.454. The van der Waals surface area contributed by atoms with Crippen LogP contribution in [-0.4, -0.2) is 68.6 Å². The molecule has 0 aliphatic heterocycles. The van der Waals surface area contributed by atoms with E-state index in [0.29, 0.717) is 29.6 Å². The van der Waals surface area contributed by atoms with E-state index in [2.05, 4.69) is 25.7 Å². The number of aromatic nitrogens is 4. The van der Waals surface area contributed by atoms with E-state index in [0.717, 1.165) is 19.3 Å². The largest absolute Gasteiger partial charge is 0.480 e. The number of anilines is 3. The Morgan fingerprint density at radius 3 is 2.76 bits per heavy atom. The highest BCUT2D eigenvalue weighted by Crippen LogP contribution is 2.28. The number of ether oxygens (including phenoxy) is 2. The molecular weight excluding hydrogens is 478 g/mol. The van der Waals surface area contributed by atoms with E-state index in [4.69, 9.17) is 9.47 Å². The Hall–Kier alpha value is -3.93. The van der Waals surface area contributed by atoms with Crippen LogP contribution in [0.25, 0.3) is 5.65 Å². The Morgan fingerprint density at radius 1 is 1.27 bits per heavy atom. The molecule has 4 rings (SSSR count). The molecule has 0 unspecified atom stereocenters. The Balaban J connectivity index is 1.74. The van der Waals surface area contributed by atoms with Gasteiger partial charge in [-0.15, -0.1) is 0 Å². The maximum Gasteiger partial charge on any atom is 0.415 e. The van der Waals surface area contributed by atoms with Gasteiger partial charge in [-0.3, -0.25) is 9.69 Å². The third-order valence-electron chi connectivity index (χ3n) is 5.92. The van der Waals surface area contributed by atoms with E-state index < -0.39 is 17.8 Å². The van der Waals surface area contributed by atoms with Gasteiger partial charge in [-0.1, -0.05) is 0 Å². The lowest BCUT2D eigenvalue weighted by Gasteiger charge is -2.26. The van der Waals surface area contributed by atoms with E-state index >= 15 is 0 Å². The smallest absolute Gasteiger partial charge is 0.415 e. The van der Waals surface area contributed by atoms with Crippen molar-refractivity contribution in [3.63, 3.8) is 0 Å². The summed E-state index contributed by atoms with van der Waals surface area (Å²) in [5.74, 6) is 0.667. The minimum Gasteiger partial charge on any atom is -0.480 e. The summed E-state index contributed by atoms with van der Waals surface area (Å²) < 4.78 is 12.3. The molecule has 0 radical (unpaired) electrons. The molecule has 1 saturated carbocycles. The van der Waals surface area contributed by atoms with Crippen LogP contribution >= 0.6 is 0 Å². The van der Waals surface area contributed by atoms with Gasteiger partial charge in [-0.2, -0.15) is 9.61 Å². The number of carbonyl (C=O) groups is 2. The van der Waals surface area contributed by atoms with Gasteiger partial charge in [0.05, 0.1) is 19.4 Å². The molecule has 2 atom stereocenters. The number of methoxy groups -OCH3 is 1. The maximum absolute atomic E-state index is 13.2. The molecule has 0 aromatic carbocycles. The molecular formula is C25H33N7O5. The molecule has 3 N–H and O–H groups in total. The van der Waals surface area contributed by atoms with Gasteiger partial charge in [0, 0.05) is 25.4 Å². The van der Waals surface area contributed by atoms with E-state index in [1.54, 1.807) is 52.2 Å². The van der Waals surface area contributed by atoms with Gasteiger partial charge < -0.3 is 25.2 Å². The van der Waals surface area contributed by atoms with Crippen molar-refractivity contribution in [1.29, 1.82) is 0 Å². The second-order valence-corrected chi connectivity index (χ2v) is 10.0. The lowest BCUT2D eigenvalue weighted by atomic mass is 9.93. The Bertz CT molecular complexity index is 1290. The minimum absolute atomic E-state index is 0.143. The molecule has 1 aliphatic rings. The van der Waals surface area contributed by atoms with Crippen LogP contribution in [0.1, 0.15) is 56.8 Å². The molecule has 2 amide bonds. The van der Waals surface area contributed by atoms with E-state index in [1.165, 1.54) is 22.7 Å². The van der Waals surface area contributed by atoms with Crippen LogP contribution in [0.3, 0.4) is 0 Å². The van der Waals surface area contributed by atoms with Crippen molar-refractivity contribution in [1.82, 2.24) is 24.9 Å². The van der Waals surface area contributed by atoms with Crippen molar-refractivity contribution >= 4 is 35.0 Å². The van der Waals surface area contributed by atoms with Crippen molar-refractivity contribution in [2.24, 2.45) is 0 Å². The predicted octanol–water partition coefficient (Wildman–Crippen LogP) is 3.28. The lowest BCUT2D eigenvalue weighted by Crippen LogP contribution is -2.39. The highest BCUT2D eigenvalue weighted by atomic mass is 16.6. The lowest BCUT2D eigenvalue weighted by molar-refractivity contribution is 0.0587. The van der Waals surface area contributed by atoms with Crippen molar-refractivity contribution in [2.45, 2.75) is 64.2 Å². The molecule has 0 spiro atoms. The third kappa shape index (κ3) is 6.08. The fourth-order valence-corrected chi connectivity index (χ4v) is 4.18. The first-order valence-corrected chi connectivity index (χ1v) is 12.2. The van der Waals surface area contributed by atoms with Crippen molar-refractivity contribution in [2.75, 3.05) is 24.4 Å². The zero-order valence-corrected chi connectivity index (χ0v) is 21.7. The van der Waals surface area contributed by atoms with Gasteiger partial charge in [-0.25, -0.2) is 14.8 Å². The van der Waals surface area contributed by atoms with Gasteiger partial charge in [0.15, 0.2) is 5.65 Å². The Labute approximate surface area is 215 Å². The molecule has 0 bridgehead atoms. The summed E-state index contributed by atoms with van der Waals surface area (Å²) in [4.78, 5) is 36.2. The van der Waals surface area contributed by atoms with Crippen LogP contribution < -0.4 is 20.3 Å². The van der Waals surface area contributed by atoms with Gasteiger partial charge in [0.25, 0.3) is 5.91 Å². The molecule has 12 nitrogen and oxygen atoms in total. The summed E-state index contributed by atoms with van der Waals surface area (Å²) in [5, 5.41) is 20.5. The van der Waals surface area contributed by atoms with Crippen molar-refractivity contribution in [3.8, 4) is 5.88 Å². The molecule has 3 heterocycles. The number of nitrogens with zero attached hydrogens (tertiary/aromatic N) is 5. The van der Waals surface area contributed by atoms with Crippen molar-refractivity contribution < 1.29 is 24.2 Å². The number of nitrogens with one attached hydrogen (secondary N) is 2. The first kappa shape index (κ1) is 26.1. The van der Waals surface area contributed by atoms with Gasteiger partial charge in [0.2, 0.25) is 5.88 Å². The monoisotopic (exact) mass is 511 g/mol. The normalized spacial score (nSPS) is 17.8. The molecule has 0 saturated heterocycles. The number of hydrogen-bond donors (Lipinski definition) is 3. The predicted molar refractivity (Wildman–Crippen MR) is 137 cm³/mol. The number of carbonyl (C=O) groups excluding carboxylic acids is 2. The molecule has 198 valence electrons. The van der Waals surface area contributed by atoms with Crippen LogP contribution in [0.15, 0.2) is 30.6 Å². The van der Waals surface area contributed by atoms with E-state index in [-0.39, 0.29) is 23.2 Å². The van der Waals surface area contributed by atoms with Gasteiger partial charge >= 0.3 is 6.09 Å². The van der Waals surface area contributed by atoms with Gasteiger partial charge in [0.1, 0.15) is 28.5 Å². The zero-order valence-electron chi connectivity index (χ0n) is 21.7. The number of hydrogen-bond acceptors (Lipinski definition) is 9. The number of pyridine rings is 1. The number of fused-ring (bicyclic) bond motifs is 1. The summed E-state index contributed by atoms with van der Waals surface area (Å²) in [6.07, 6.45) is 4.85. The molecule has 3 aromatic rings. The molecule has 12 heteroatoms. The van der Waals surface area contributed by atoms with Crippen LogP contribution in [0, 0.1) is 0 Å². The number of rotatable bonds is 6. The Kier molecular flexibility index (Phi) is 7.48. The van der Waals surface area contributed by atoms with E-state index in [9.17, 15) is 14.7 Å². The third-order valence-corrected chi connectivity index (χ3v) is 5.92. The summed E-state index contributed by atoms with van der Waals surface area (Å²) in [5.41, 5.74) is 0.323. The number of aliphatic hydroxyl groups excluding tert-OH is 1. The summed E-state index contributed by atoms with van der Waals surface area (Å²) in [7, 11) is 3.07. The summed E-state index contributed by atoms with van der Waals surface area (Å²) in [6, 6.07) is 4.99. The zero-order chi connectivity index (χ0) is 26.7. The SMILES string of the molecule is COc1ncccc1Nc1cc(N(C)C(=O)OC(C)(C)C)n2ncc(C(=O)N[C@H]3CCC[C@H](O)C3)c2n1. The highest BCUT2D eigenvalue weighted by molar-refractivity contribution is 6.00. The topological polar surface area (TPSA) is 143 Å².